The lowest BCUT2D eigenvalue weighted by molar-refractivity contribution is 0.0955. The molecule has 2 aromatic heterocycles. The summed E-state index contributed by atoms with van der Waals surface area (Å²) < 4.78 is 7.20. The lowest BCUT2D eigenvalue weighted by atomic mass is 10.1. The number of rotatable bonds is 3. The van der Waals surface area contributed by atoms with Crippen LogP contribution in [0.1, 0.15) is 46.6 Å². The standard InChI is InChI=1S/C20H20N4O3/c1-11-9-16(13(3)27-11)12(2)22-23-19(25)14-6-7-15-17(10-14)21-18-5-4-8-24(18)20(15)26/h6-7,9-10H,4-5,8H2,1-3H3,(H,23,25)/b22-12-. The van der Waals surface area contributed by atoms with Crippen LogP contribution in [0.3, 0.4) is 0 Å². The average Bonchev–Trinajstić information content (AvgIpc) is 3.25. The van der Waals surface area contributed by atoms with Crippen molar-refractivity contribution in [2.24, 2.45) is 5.10 Å². The molecule has 1 aliphatic rings. The first kappa shape index (κ1) is 17.2. The first-order valence-electron chi connectivity index (χ1n) is 8.89. The van der Waals surface area contributed by atoms with Crippen molar-refractivity contribution in [2.45, 2.75) is 40.2 Å². The van der Waals surface area contributed by atoms with Gasteiger partial charge in [-0.2, -0.15) is 5.10 Å². The number of carbonyl (C=O) groups is 1. The van der Waals surface area contributed by atoms with Gasteiger partial charge in [0.2, 0.25) is 0 Å². The molecular weight excluding hydrogens is 344 g/mol. The van der Waals surface area contributed by atoms with E-state index in [9.17, 15) is 9.59 Å². The van der Waals surface area contributed by atoms with Gasteiger partial charge in [0, 0.05) is 24.1 Å². The van der Waals surface area contributed by atoms with E-state index in [1.807, 2.05) is 26.8 Å². The number of aryl methyl sites for hydroxylation is 3. The van der Waals surface area contributed by atoms with Crippen LogP contribution in [0.25, 0.3) is 10.9 Å². The van der Waals surface area contributed by atoms with Crippen molar-refractivity contribution in [3.8, 4) is 0 Å². The smallest absolute Gasteiger partial charge is 0.271 e. The van der Waals surface area contributed by atoms with Crippen molar-refractivity contribution in [1.29, 1.82) is 0 Å². The Morgan fingerprint density at radius 2 is 2.11 bits per heavy atom. The molecule has 0 spiro atoms. The minimum atomic E-state index is -0.350. The average molecular weight is 364 g/mol. The maximum atomic E-state index is 12.5. The van der Waals surface area contributed by atoms with Crippen LogP contribution in [0.5, 0.6) is 0 Å². The molecule has 7 heteroatoms. The van der Waals surface area contributed by atoms with Gasteiger partial charge in [0.1, 0.15) is 17.3 Å². The zero-order valence-corrected chi connectivity index (χ0v) is 15.5. The molecule has 0 atom stereocenters. The van der Waals surface area contributed by atoms with Crippen molar-refractivity contribution in [2.75, 3.05) is 0 Å². The Labute approximate surface area is 155 Å². The fourth-order valence-electron chi connectivity index (χ4n) is 3.47. The molecule has 0 radical (unpaired) electrons. The van der Waals surface area contributed by atoms with Crippen LogP contribution in [0, 0.1) is 13.8 Å². The van der Waals surface area contributed by atoms with Crippen molar-refractivity contribution in [3.63, 3.8) is 0 Å². The lowest BCUT2D eigenvalue weighted by Gasteiger charge is -2.07. The van der Waals surface area contributed by atoms with E-state index in [0.717, 1.165) is 35.7 Å². The Morgan fingerprint density at radius 3 is 2.85 bits per heavy atom. The van der Waals surface area contributed by atoms with Gasteiger partial charge in [0.05, 0.1) is 16.6 Å². The molecule has 0 bridgehead atoms. The van der Waals surface area contributed by atoms with Crippen molar-refractivity contribution in [3.05, 3.63) is 63.1 Å². The fraction of sp³-hybridized carbons (Fsp3) is 0.300. The van der Waals surface area contributed by atoms with Gasteiger partial charge in [-0.15, -0.1) is 0 Å². The molecule has 138 valence electrons. The first-order valence-corrected chi connectivity index (χ1v) is 8.89. The summed E-state index contributed by atoms with van der Waals surface area (Å²) in [7, 11) is 0. The quantitative estimate of drug-likeness (QED) is 0.572. The lowest BCUT2D eigenvalue weighted by Crippen LogP contribution is -2.22. The van der Waals surface area contributed by atoms with Crippen LogP contribution in [0.15, 0.2) is 38.6 Å². The third-order valence-electron chi connectivity index (χ3n) is 4.83. The van der Waals surface area contributed by atoms with Gasteiger partial charge in [-0.25, -0.2) is 10.4 Å². The molecule has 3 heterocycles. The zero-order chi connectivity index (χ0) is 19.1. The molecule has 0 saturated carbocycles. The molecule has 1 N–H and O–H groups in total. The summed E-state index contributed by atoms with van der Waals surface area (Å²) in [6.07, 6.45) is 1.71. The number of carbonyl (C=O) groups excluding carboxylic acids is 1. The molecule has 0 saturated heterocycles. The minimum absolute atomic E-state index is 0.0425. The molecule has 0 unspecified atom stereocenters. The summed E-state index contributed by atoms with van der Waals surface area (Å²) >= 11 is 0. The van der Waals surface area contributed by atoms with Crippen LogP contribution >= 0.6 is 0 Å². The van der Waals surface area contributed by atoms with Gasteiger partial charge >= 0.3 is 0 Å². The summed E-state index contributed by atoms with van der Waals surface area (Å²) in [5.41, 5.74) is 4.99. The normalized spacial score (nSPS) is 13.8. The van der Waals surface area contributed by atoms with E-state index < -0.39 is 0 Å². The van der Waals surface area contributed by atoms with Gasteiger partial charge in [-0.05, 0) is 51.5 Å². The third-order valence-corrected chi connectivity index (χ3v) is 4.83. The first-order chi connectivity index (χ1) is 12.9. The van der Waals surface area contributed by atoms with Crippen LogP contribution in [0.4, 0.5) is 0 Å². The number of hydrazone groups is 1. The Balaban J connectivity index is 1.61. The number of benzene rings is 1. The van der Waals surface area contributed by atoms with E-state index in [4.69, 9.17) is 4.42 Å². The highest BCUT2D eigenvalue weighted by atomic mass is 16.3. The summed E-state index contributed by atoms with van der Waals surface area (Å²) in [6.45, 7) is 6.24. The highest BCUT2D eigenvalue weighted by Gasteiger charge is 2.17. The number of furan rings is 1. The Kier molecular flexibility index (Phi) is 4.14. The highest BCUT2D eigenvalue weighted by Crippen LogP contribution is 2.17. The number of aromatic nitrogens is 2. The Morgan fingerprint density at radius 1 is 1.30 bits per heavy atom. The Hall–Kier alpha value is -3.22. The van der Waals surface area contributed by atoms with E-state index >= 15 is 0 Å². The van der Waals surface area contributed by atoms with E-state index in [1.165, 1.54) is 0 Å². The van der Waals surface area contributed by atoms with Crippen LogP contribution in [0.2, 0.25) is 0 Å². The molecule has 0 aliphatic carbocycles. The minimum Gasteiger partial charge on any atom is -0.466 e. The molecule has 1 amide bonds. The second-order valence-corrected chi connectivity index (χ2v) is 6.79. The number of nitrogens with one attached hydrogen (secondary N) is 1. The number of hydrogen-bond acceptors (Lipinski definition) is 5. The maximum Gasteiger partial charge on any atom is 0.271 e. The topological polar surface area (TPSA) is 89.5 Å². The van der Waals surface area contributed by atoms with Gasteiger partial charge < -0.3 is 4.42 Å². The second-order valence-electron chi connectivity index (χ2n) is 6.79. The summed E-state index contributed by atoms with van der Waals surface area (Å²) in [4.78, 5) is 29.5. The monoisotopic (exact) mass is 364 g/mol. The highest BCUT2D eigenvalue weighted by molar-refractivity contribution is 6.02. The number of nitrogens with zero attached hydrogens (tertiary/aromatic N) is 3. The second kappa shape index (κ2) is 6.50. The summed E-state index contributed by atoms with van der Waals surface area (Å²) in [5, 5.41) is 4.70. The number of hydrogen-bond donors (Lipinski definition) is 1. The van der Waals surface area contributed by atoms with Crippen molar-refractivity contribution in [1.82, 2.24) is 15.0 Å². The van der Waals surface area contributed by atoms with E-state index in [0.29, 0.717) is 28.7 Å². The maximum absolute atomic E-state index is 12.5. The number of fused-ring (bicyclic) bond motifs is 2. The summed E-state index contributed by atoms with van der Waals surface area (Å²) in [6, 6.07) is 6.81. The molecular formula is C20H20N4O3. The van der Waals surface area contributed by atoms with Gasteiger partial charge in [-0.3, -0.25) is 14.2 Å². The van der Waals surface area contributed by atoms with Gasteiger partial charge in [-0.1, -0.05) is 0 Å². The van der Waals surface area contributed by atoms with Crippen molar-refractivity contribution >= 4 is 22.5 Å². The summed E-state index contributed by atoms with van der Waals surface area (Å²) in [5.74, 6) is 1.98. The van der Waals surface area contributed by atoms with E-state index in [1.54, 1.807) is 22.8 Å². The molecule has 7 nitrogen and oxygen atoms in total. The molecule has 3 aromatic rings. The van der Waals surface area contributed by atoms with Gasteiger partial charge in [0.25, 0.3) is 11.5 Å². The van der Waals surface area contributed by atoms with Crippen LogP contribution < -0.4 is 11.0 Å². The predicted octanol–water partition coefficient (Wildman–Crippen LogP) is 2.71. The van der Waals surface area contributed by atoms with Crippen molar-refractivity contribution < 1.29 is 9.21 Å². The van der Waals surface area contributed by atoms with E-state index in [2.05, 4.69) is 15.5 Å². The molecule has 1 aliphatic heterocycles. The Bertz CT molecular complexity index is 1150. The predicted molar refractivity (Wildman–Crippen MR) is 102 cm³/mol. The van der Waals surface area contributed by atoms with E-state index in [-0.39, 0.29) is 11.5 Å². The fourth-order valence-corrected chi connectivity index (χ4v) is 3.47. The molecule has 4 rings (SSSR count). The molecule has 27 heavy (non-hydrogen) atoms. The zero-order valence-electron chi connectivity index (χ0n) is 15.5. The van der Waals surface area contributed by atoms with Gasteiger partial charge in [0.15, 0.2) is 0 Å². The largest absolute Gasteiger partial charge is 0.466 e. The molecule has 0 fully saturated rings. The third kappa shape index (κ3) is 3.05. The SMILES string of the molecule is C/C(=N/NC(=O)c1ccc2c(=O)n3c(nc2c1)CCC3)c1cc(C)oc1C. The van der Waals surface area contributed by atoms with Crippen LogP contribution in [-0.4, -0.2) is 21.2 Å². The van der Waals surface area contributed by atoms with Crippen LogP contribution in [-0.2, 0) is 13.0 Å². The number of amides is 1. The molecule has 1 aromatic carbocycles.